The van der Waals surface area contributed by atoms with Crippen LogP contribution in [0.3, 0.4) is 0 Å². The first-order valence-corrected chi connectivity index (χ1v) is 10.3. The van der Waals surface area contributed by atoms with Crippen LogP contribution < -0.4 is 15.4 Å². The third kappa shape index (κ3) is 4.52. The van der Waals surface area contributed by atoms with Gasteiger partial charge in [-0.2, -0.15) is 0 Å². The van der Waals surface area contributed by atoms with E-state index in [0.717, 1.165) is 23.9 Å². The molecule has 0 saturated carbocycles. The van der Waals surface area contributed by atoms with E-state index in [1.807, 2.05) is 22.1 Å². The second kappa shape index (κ2) is 9.13. The highest BCUT2D eigenvalue weighted by molar-refractivity contribution is 6.31. The normalized spacial score (nSPS) is 13.2. The Labute approximate surface area is 202 Å². The molecule has 0 atom stereocenters. The summed E-state index contributed by atoms with van der Waals surface area (Å²) in [6.07, 6.45) is 1.39. The Hall–Kier alpha value is -5.33. The van der Waals surface area contributed by atoms with Gasteiger partial charge in [0.2, 0.25) is 5.75 Å². The molecule has 13 heteroatoms. The average molecular weight is 491 g/mol. The molecule has 1 fully saturated rings. The number of aromatic nitrogens is 1. The number of nitro benzene ring substituents is 2. The van der Waals surface area contributed by atoms with Crippen LogP contribution in [0.1, 0.15) is 17.0 Å². The largest absolute Gasteiger partial charge is 0.450 e. The predicted octanol–water partition coefficient (Wildman–Crippen LogP) is 3.45. The molecule has 1 saturated heterocycles. The third-order valence-corrected chi connectivity index (χ3v) is 5.39. The number of nitrogens with zero attached hydrogens (tertiary/aromatic N) is 3. The zero-order valence-electron chi connectivity index (χ0n) is 18.8. The highest BCUT2D eigenvalue weighted by atomic mass is 16.6. The van der Waals surface area contributed by atoms with E-state index in [0.29, 0.717) is 16.9 Å². The summed E-state index contributed by atoms with van der Waals surface area (Å²) < 4.78 is 7.45. The molecule has 0 spiro atoms. The number of carbonyl (C=O) groups excluding carboxylic acids is 3. The maximum Gasteiger partial charge on any atom is 0.328 e. The molecule has 2 aromatic carbocycles. The molecule has 1 aliphatic heterocycles. The van der Waals surface area contributed by atoms with E-state index in [2.05, 4.69) is 0 Å². The van der Waals surface area contributed by atoms with Crippen LogP contribution >= 0.6 is 0 Å². The molecule has 1 aliphatic rings. The number of imide groups is 2. The van der Waals surface area contributed by atoms with Crippen molar-refractivity contribution in [3.63, 3.8) is 0 Å². The summed E-state index contributed by atoms with van der Waals surface area (Å²) >= 11 is 0. The highest BCUT2D eigenvalue weighted by Crippen LogP contribution is 2.35. The van der Waals surface area contributed by atoms with Gasteiger partial charge < -0.3 is 9.30 Å². The smallest absolute Gasteiger partial charge is 0.328 e. The fraction of sp³-hybridized carbons (Fsp3) is 0.0870. The number of aryl methyl sites for hydroxylation is 1. The second-order valence-corrected chi connectivity index (χ2v) is 7.72. The summed E-state index contributed by atoms with van der Waals surface area (Å²) in [5, 5.41) is 26.3. The van der Waals surface area contributed by atoms with Crippen LogP contribution in [0.5, 0.6) is 11.5 Å². The molecule has 4 rings (SSSR count). The van der Waals surface area contributed by atoms with E-state index in [1.54, 1.807) is 37.3 Å². The average Bonchev–Trinajstić information content (AvgIpc) is 3.09. The van der Waals surface area contributed by atoms with Gasteiger partial charge in [-0.3, -0.25) is 40.5 Å². The number of nitrogens with one attached hydrogen (secondary N) is 2. The van der Waals surface area contributed by atoms with Crippen molar-refractivity contribution in [3.8, 4) is 17.2 Å². The molecule has 3 aromatic rings. The van der Waals surface area contributed by atoms with Crippen LogP contribution in [0, 0.1) is 34.1 Å². The molecule has 13 nitrogen and oxygen atoms in total. The lowest BCUT2D eigenvalue weighted by Crippen LogP contribution is -2.51. The Morgan fingerprint density at radius 2 is 1.53 bits per heavy atom. The quantitative estimate of drug-likeness (QED) is 0.228. The first-order chi connectivity index (χ1) is 17.0. The van der Waals surface area contributed by atoms with Gasteiger partial charge >= 0.3 is 11.7 Å². The van der Waals surface area contributed by atoms with Gasteiger partial charge in [0.15, 0.2) is 0 Å². The van der Waals surface area contributed by atoms with E-state index in [-0.39, 0.29) is 17.1 Å². The van der Waals surface area contributed by atoms with Crippen LogP contribution in [0.25, 0.3) is 11.8 Å². The van der Waals surface area contributed by atoms with Gasteiger partial charge in [-0.15, -0.1) is 0 Å². The van der Waals surface area contributed by atoms with Gasteiger partial charge in [0.25, 0.3) is 17.5 Å². The van der Waals surface area contributed by atoms with Crippen molar-refractivity contribution in [2.24, 2.45) is 0 Å². The second-order valence-electron chi connectivity index (χ2n) is 7.72. The summed E-state index contributed by atoms with van der Waals surface area (Å²) in [5.74, 6) is -1.48. The van der Waals surface area contributed by atoms with Crippen LogP contribution in [-0.2, 0) is 9.59 Å². The molecule has 0 unspecified atom stereocenters. The third-order valence-electron chi connectivity index (χ3n) is 5.39. The lowest BCUT2D eigenvalue weighted by Gasteiger charge is -2.14. The Morgan fingerprint density at radius 1 is 0.889 bits per heavy atom. The summed E-state index contributed by atoms with van der Waals surface area (Å²) in [6, 6.07) is 10.5. The van der Waals surface area contributed by atoms with Crippen molar-refractivity contribution in [3.05, 3.63) is 91.3 Å². The summed E-state index contributed by atoms with van der Waals surface area (Å²) in [4.78, 5) is 56.1. The molecule has 0 bridgehead atoms. The molecule has 4 amide bonds. The van der Waals surface area contributed by atoms with Crippen LogP contribution in [0.15, 0.2) is 54.1 Å². The number of barbiturate groups is 1. The van der Waals surface area contributed by atoms with Crippen molar-refractivity contribution in [1.82, 2.24) is 15.2 Å². The van der Waals surface area contributed by atoms with Gasteiger partial charge in [-0.05, 0) is 61.9 Å². The van der Waals surface area contributed by atoms with Crippen molar-refractivity contribution >= 4 is 35.3 Å². The monoisotopic (exact) mass is 491 g/mol. The summed E-state index contributed by atoms with van der Waals surface area (Å²) in [6.45, 7) is 3.61. The molecular formula is C23H17N5O8. The van der Waals surface area contributed by atoms with Gasteiger partial charge in [0.1, 0.15) is 11.3 Å². The minimum absolute atomic E-state index is 0.150. The fourth-order valence-corrected chi connectivity index (χ4v) is 3.73. The first-order valence-electron chi connectivity index (χ1n) is 10.3. The number of ether oxygens (including phenoxy) is 1. The highest BCUT2D eigenvalue weighted by Gasteiger charge is 2.28. The minimum atomic E-state index is -0.881. The zero-order valence-corrected chi connectivity index (χ0v) is 18.8. The Kier molecular flexibility index (Phi) is 6.04. The van der Waals surface area contributed by atoms with E-state index in [1.165, 1.54) is 6.08 Å². The molecular weight excluding hydrogens is 474 g/mol. The SMILES string of the molecule is Cc1cc(C=C2C(=O)NC(=O)NC2=O)c(C)n1-c1ccc(Oc2ccc([N+](=O)[O-])cc2[N+](=O)[O-])cc1. The molecule has 2 N–H and O–H groups in total. The standard InChI is InChI=1S/C23H17N5O8/c1-12-9-14(10-18-21(29)24-23(31)25-22(18)30)13(2)26(12)15-3-6-17(7-4-15)36-20-8-5-16(27(32)33)11-19(20)28(34)35/h3-11H,1-2H3,(H2,24,25,29,30,31). The van der Waals surface area contributed by atoms with Crippen LogP contribution in [0.2, 0.25) is 0 Å². The number of amides is 4. The summed E-state index contributed by atoms with van der Waals surface area (Å²) in [5.41, 5.74) is 1.60. The van der Waals surface area contributed by atoms with E-state index in [9.17, 15) is 34.6 Å². The fourth-order valence-electron chi connectivity index (χ4n) is 3.73. The number of urea groups is 1. The van der Waals surface area contributed by atoms with Crippen molar-refractivity contribution in [1.29, 1.82) is 0 Å². The minimum Gasteiger partial charge on any atom is -0.450 e. The zero-order chi connectivity index (χ0) is 26.1. The molecule has 1 aromatic heterocycles. The van der Waals surface area contributed by atoms with E-state index in [4.69, 9.17) is 4.74 Å². The van der Waals surface area contributed by atoms with E-state index >= 15 is 0 Å². The maximum absolute atomic E-state index is 12.0. The van der Waals surface area contributed by atoms with Gasteiger partial charge in [0.05, 0.1) is 15.9 Å². The molecule has 0 radical (unpaired) electrons. The van der Waals surface area contributed by atoms with Crippen molar-refractivity contribution in [2.45, 2.75) is 13.8 Å². The number of carbonyl (C=O) groups is 3. The Morgan fingerprint density at radius 3 is 2.11 bits per heavy atom. The number of hydrogen-bond donors (Lipinski definition) is 2. The van der Waals surface area contributed by atoms with E-state index < -0.39 is 39.1 Å². The van der Waals surface area contributed by atoms with Gasteiger partial charge in [-0.25, -0.2) is 4.79 Å². The number of non-ortho nitro benzene ring substituents is 1. The Balaban J connectivity index is 1.62. The lowest BCUT2D eigenvalue weighted by atomic mass is 10.1. The molecule has 0 aliphatic carbocycles. The van der Waals surface area contributed by atoms with Crippen molar-refractivity contribution < 1.29 is 29.0 Å². The topological polar surface area (TPSA) is 176 Å². The number of benzene rings is 2. The van der Waals surface area contributed by atoms with Crippen LogP contribution in [0.4, 0.5) is 16.2 Å². The Bertz CT molecular complexity index is 1460. The molecule has 2 heterocycles. The number of nitro groups is 2. The van der Waals surface area contributed by atoms with Crippen molar-refractivity contribution in [2.75, 3.05) is 0 Å². The maximum atomic E-state index is 12.0. The molecule has 36 heavy (non-hydrogen) atoms. The first kappa shape index (κ1) is 23.8. The van der Waals surface area contributed by atoms with Crippen LogP contribution in [-0.4, -0.2) is 32.3 Å². The summed E-state index contributed by atoms with van der Waals surface area (Å²) in [7, 11) is 0. The van der Waals surface area contributed by atoms with Gasteiger partial charge in [-0.1, -0.05) is 0 Å². The number of rotatable bonds is 6. The van der Waals surface area contributed by atoms with Gasteiger partial charge in [0, 0.05) is 23.1 Å². The lowest BCUT2D eigenvalue weighted by molar-refractivity contribution is -0.394. The molecule has 182 valence electrons. The number of hydrogen-bond acceptors (Lipinski definition) is 8. The predicted molar refractivity (Wildman–Crippen MR) is 125 cm³/mol.